The first-order valence-electron chi connectivity index (χ1n) is 9.53. The summed E-state index contributed by atoms with van der Waals surface area (Å²) in [6.45, 7) is 21.0. The molecular formula is C19H38O5Si. The molecule has 25 heavy (non-hydrogen) atoms. The Kier molecular flexibility index (Phi) is 7.69. The van der Waals surface area contributed by atoms with Gasteiger partial charge in [-0.2, -0.15) is 0 Å². The predicted octanol–water partition coefficient (Wildman–Crippen LogP) is 4.65. The van der Waals surface area contributed by atoms with Crippen LogP contribution in [0.4, 0.5) is 0 Å². The van der Waals surface area contributed by atoms with Crippen molar-refractivity contribution in [1.82, 2.24) is 0 Å². The Labute approximate surface area is 154 Å². The van der Waals surface area contributed by atoms with Gasteiger partial charge in [-0.15, -0.1) is 0 Å². The second-order valence-electron chi connectivity index (χ2n) is 8.71. The molecule has 0 bridgehead atoms. The molecule has 0 amide bonds. The van der Waals surface area contributed by atoms with Crippen LogP contribution >= 0.6 is 0 Å². The number of hydrogen-bond donors (Lipinski definition) is 0. The first-order valence-corrected chi connectivity index (χ1v) is 11.7. The molecule has 0 aromatic heterocycles. The number of carbonyl (C=O) groups is 1. The van der Waals surface area contributed by atoms with E-state index >= 15 is 0 Å². The lowest BCUT2D eigenvalue weighted by molar-refractivity contribution is -0.173. The second-order valence-corrected chi connectivity index (χ2v) is 14.1. The van der Waals surface area contributed by atoms with E-state index in [1.165, 1.54) is 0 Å². The Hall–Kier alpha value is -0.433. The fraction of sp³-hybridized carbons (Fsp3) is 0.947. The molecule has 0 unspecified atom stereocenters. The zero-order valence-electron chi connectivity index (χ0n) is 17.7. The van der Waals surface area contributed by atoms with Crippen LogP contribution in [-0.2, 0) is 23.4 Å². The Bertz CT molecular complexity index is 423. The van der Waals surface area contributed by atoms with E-state index in [-0.39, 0.29) is 12.1 Å². The lowest BCUT2D eigenvalue weighted by Crippen LogP contribution is -2.55. The fourth-order valence-electron chi connectivity index (χ4n) is 4.07. The van der Waals surface area contributed by atoms with Gasteiger partial charge in [-0.05, 0) is 44.3 Å². The third-order valence-electron chi connectivity index (χ3n) is 4.99. The highest BCUT2D eigenvalue weighted by molar-refractivity contribution is 6.77. The summed E-state index contributed by atoms with van der Waals surface area (Å²) in [6.07, 6.45) is -1.38. The van der Waals surface area contributed by atoms with E-state index in [0.29, 0.717) is 23.2 Å². The van der Waals surface area contributed by atoms with E-state index in [0.717, 1.165) is 0 Å². The van der Waals surface area contributed by atoms with Crippen molar-refractivity contribution in [3.63, 3.8) is 0 Å². The van der Waals surface area contributed by atoms with Crippen LogP contribution in [0, 0.1) is 0 Å². The molecule has 0 saturated carbocycles. The molecular weight excluding hydrogens is 336 g/mol. The molecule has 1 saturated heterocycles. The molecule has 0 aromatic carbocycles. The number of rotatable bonds is 8. The van der Waals surface area contributed by atoms with E-state index in [1.807, 2.05) is 27.7 Å². The number of esters is 1. The van der Waals surface area contributed by atoms with E-state index < -0.39 is 26.3 Å². The van der Waals surface area contributed by atoms with Gasteiger partial charge in [0, 0.05) is 0 Å². The molecule has 5 nitrogen and oxygen atoms in total. The third-order valence-corrected chi connectivity index (χ3v) is 11.1. The standard InChI is InChI=1S/C19H38O5Si/c1-12(2)22-18(20)17(16-11-21-19(9,10)23-16)24-25(13(3)4,14(5)6)15(7)8/h12-17H,11H2,1-10H3/t16-,17+/m1/s1. The first kappa shape index (κ1) is 22.6. The van der Waals surface area contributed by atoms with Crippen LogP contribution in [0.3, 0.4) is 0 Å². The highest BCUT2D eigenvalue weighted by atomic mass is 28.4. The highest BCUT2D eigenvalue weighted by Gasteiger charge is 2.51. The van der Waals surface area contributed by atoms with Crippen molar-refractivity contribution in [3.05, 3.63) is 0 Å². The van der Waals surface area contributed by atoms with Gasteiger partial charge < -0.3 is 18.6 Å². The molecule has 1 rings (SSSR count). The quantitative estimate of drug-likeness (QED) is 0.457. The lowest BCUT2D eigenvalue weighted by Gasteiger charge is -2.44. The summed E-state index contributed by atoms with van der Waals surface area (Å²) < 4.78 is 23.9. The largest absolute Gasteiger partial charge is 0.461 e. The van der Waals surface area contributed by atoms with Crippen LogP contribution < -0.4 is 0 Å². The van der Waals surface area contributed by atoms with Crippen LogP contribution in [0.2, 0.25) is 16.6 Å². The van der Waals surface area contributed by atoms with Crippen LogP contribution in [-0.4, -0.2) is 45.0 Å². The van der Waals surface area contributed by atoms with Crippen molar-refractivity contribution in [1.29, 1.82) is 0 Å². The maximum absolute atomic E-state index is 12.8. The van der Waals surface area contributed by atoms with Gasteiger partial charge in [-0.3, -0.25) is 0 Å². The van der Waals surface area contributed by atoms with Crippen molar-refractivity contribution in [2.75, 3.05) is 6.61 Å². The molecule has 2 atom stereocenters. The van der Waals surface area contributed by atoms with Crippen molar-refractivity contribution in [2.24, 2.45) is 0 Å². The molecule has 1 aliphatic rings. The Morgan fingerprint density at radius 2 is 1.48 bits per heavy atom. The molecule has 0 radical (unpaired) electrons. The maximum atomic E-state index is 12.8. The minimum Gasteiger partial charge on any atom is -0.461 e. The third kappa shape index (κ3) is 5.28. The van der Waals surface area contributed by atoms with Gasteiger partial charge in [0.2, 0.25) is 8.32 Å². The minimum atomic E-state index is -2.25. The topological polar surface area (TPSA) is 54.0 Å². The lowest BCUT2D eigenvalue weighted by atomic mass is 10.2. The van der Waals surface area contributed by atoms with Crippen LogP contribution in [0.15, 0.2) is 0 Å². The summed E-state index contributed by atoms with van der Waals surface area (Å²) in [5.74, 6) is -1.05. The Balaban J connectivity index is 3.19. The summed E-state index contributed by atoms with van der Waals surface area (Å²) in [5.41, 5.74) is 1.12. The number of ether oxygens (including phenoxy) is 3. The molecule has 6 heteroatoms. The summed E-state index contributed by atoms with van der Waals surface area (Å²) in [7, 11) is -2.25. The monoisotopic (exact) mass is 374 g/mol. The van der Waals surface area contributed by atoms with Crippen LogP contribution in [0.5, 0.6) is 0 Å². The van der Waals surface area contributed by atoms with Gasteiger partial charge in [0.05, 0.1) is 12.7 Å². The molecule has 1 fully saturated rings. The SMILES string of the molecule is CC(C)OC(=O)[C@@H](O[Si](C(C)C)(C(C)C)C(C)C)[C@H]1COC(C)(C)O1. The molecule has 1 heterocycles. The Morgan fingerprint density at radius 3 is 1.80 bits per heavy atom. The summed E-state index contributed by atoms with van der Waals surface area (Å²) in [4.78, 5) is 12.8. The highest BCUT2D eigenvalue weighted by Crippen LogP contribution is 2.44. The molecule has 1 aliphatic heterocycles. The summed E-state index contributed by atoms with van der Waals surface area (Å²) >= 11 is 0. The van der Waals surface area contributed by atoms with Gasteiger partial charge in [0.1, 0.15) is 6.10 Å². The van der Waals surface area contributed by atoms with Crippen molar-refractivity contribution in [2.45, 2.75) is 110 Å². The van der Waals surface area contributed by atoms with E-state index in [9.17, 15) is 4.79 Å². The number of hydrogen-bond acceptors (Lipinski definition) is 5. The van der Waals surface area contributed by atoms with Crippen molar-refractivity contribution in [3.8, 4) is 0 Å². The van der Waals surface area contributed by atoms with Gasteiger partial charge >= 0.3 is 5.97 Å². The zero-order chi connectivity index (χ0) is 19.6. The molecule has 0 spiro atoms. The van der Waals surface area contributed by atoms with Gasteiger partial charge in [-0.1, -0.05) is 41.5 Å². The average molecular weight is 375 g/mol. The van der Waals surface area contributed by atoms with E-state index in [4.69, 9.17) is 18.6 Å². The summed E-state index contributed by atoms with van der Waals surface area (Å²) in [6, 6.07) is 0. The zero-order valence-corrected chi connectivity index (χ0v) is 18.7. The van der Waals surface area contributed by atoms with Gasteiger partial charge in [-0.25, -0.2) is 4.79 Å². The van der Waals surface area contributed by atoms with Crippen molar-refractivity contribution >= 4 is 14.3 Å². The minimum absolute atomic E-state index is 0.192. The average Bonchev–Trinajstić information content (AvgIpc) is 2.77. The normalized spacial score (nSPS) is 22.2. The fourth-order valence-corrected chi connectivity index (χ4v) is 9.57. The van der Waals surface area contributed by atoms with Crippen LogP contribution in [0.25, 0.3) is 0 Å². The first-order chi connectivity index (χ1) is 11.3. The number of carbonyl (C=O) groups excluding carboxylic acids is 1. The Morgan fingerprint density at radius 1 is 1.00 bits per heavy atom. The molecule has 148 valence electrons. The summed E-state index contributed by atoms with van der Waals surface area (Å²) in [5, 5.41) is 0. The van der Waals surface area contributed by atoms with Gasteiger partial charge in [0.25, 0.3) is 0 Å². The molecule has 0 aliphatic carbocycles. The molecule has 0 N–H and O–H groups in total. The molecule has 0 aromatic rings. The van der Waals surface area contributed by atoms with Crippen molar-refractivity contribution < 1.29 is 23.4 Å². The van der Waals surface area contributed by atoms with E-state index in [2.05, 4.69) is 41.5 Å². The van der Waals surface area contributed by atoms with E-state index in [1.54, 1.807) is 0 Å². The smallest absolute Gasteiger partial charge is 0.337 e. The maximum Gasteiger partial charge on any atom is 0.337 e. The van der Waals surface area contributed by atoms with Gasteiger partial charge in [0.15, 0.2) is 11.9 Å². The van der Waals surface area contributed by atoms with Crippen LogP contribution in [0.1, 0.15) is 69.2 Å². The second kappa shape index (κ2) is 8.50. The predicted molar refractivity (Wildman–Crippen MR) is 102 cm³/mol.